The van der Waals surface area contributed by atoms with Gasteiger partial charge in [0.2, 0.25) is 0 Å². The summed E-state index contributed by atoms with van der Waals surface area (Å²) in [6, 6.07) is 0. The van der Waals surface area contributed by atoms with Crippen molar-refractivity contribution in [2.24, 2.45) is 0 Å². The molecule has 6 heteroatoms. The minimum absolute atomic E-state index is 0. The average molecular weight is 276 g/mol. The van der Waals surface area contributed by atoms with E-state index in [9.17, 15) is 18.1 Å². The van der Waals surface area contributed by atoms with Gasteiger partial charge in [-0.05, 0) is 19.3 Å². The van der Waals surface area contributed by atoms with Gasteiger partial charge < -0.3 is 9.66 Å². The summed E-state index contributed by atoms with van der Waals surface area (Å²) >= 11 is 0. The summed E-state index contributed by atoms with van der Waals surface area (Å²) in [5, 5.41) is 9.25. The number of aliphatic hydroxyl groups is 1. The smallest absolute Gasteiger partial charge is 0.748 e. The van der Waals surface area contributed by atoms with Crippen molar-refractivity contribution >= 4 is 10.1 Å². The molecule has 0 aliphatic rings. The molecule has 1 N–H and O–H groups in total. The summed E-state index contributed by atoms with van der Waals surface area (Å²) in [4.78, 5) is 0. The largest absolute Gasteiger partial charge is 1.00 e. The second kappa shape index (κ2) is 11.6. The van der Waals surface area contributed by atoms with E-state index in [2.05, 4.69) is 0 Å². The Morgan fingerprint density at radius 2 is 1.62 bits per heavy atom. The fourth-order valence-electron chi connectivity index (χ4n) is 1.39. The third-order valence-corrected chi connectivity index (χ3v) is 3.19. The summed E-state index contributed by atoms with van der Waals surface area (Å²) in [6.07, 6.45) is 5.55. The number of aliphatic hydroxyl groups excluding tert-OH is 1. The topological polar surface area (TPSA) is 77.4 Å². The quantitative estimate of drug-likeness (QED) is 0.321. The molecule has 0 saturated carbocycles. The molecule has 0 aliphatic carbocycles. The van der Waals surface area contributed by atoms with E-state index in [4.69, 9.17) is 0 Å². The first-order chi connectivity index (χ1) is 6.95. The fourth-order valence-corrected chi connectivity index (χ4v) is 1.95. The van der Waals surface area contributed by atoms with Crippen LogP contribution in [-0.2, 0) is 10.1 Å². The Balaban J connectivity index is 0. The third-order valence-electron chi connectivity index (χ3n) is 2.40. The molecule has 0 rings (SSSR count). The molecule has 16 heavy (non-hydrogen) atoms. The van der Waals surface area contributed by atoms with Gasteiger partial charge >= 0.3 is 51.4 Å². The summed E-state index contributed by atoms with van der Waals surface area (Å²) in [6.45, 7) is 1.95. The van der Waals surface area contributed by atoms with Gasteiger partial charge in [0.25, 0.3) is 0 Å². The Morgan fingerprint density at radius 1 is 1.12 bits per heavy atom. The van der Waals surface area contributed by atoms with Gasteiger partial charge in [-0.3, -0.25) is 0 Å². The van der Waals surface area contributed by atoms with E-state index in [1.165, 1.54) is 0 Å². The van der Waals surface area contributed by atoms with E-state index in [0.717, 1.165) is 38.5 Å². The summed E-state index contributed by atoms with van der Waals surface area (Å²) in [5.74, 6) is -0.245. The van der Waals surface area contributed by atoms with E-state index in [1.54, 1.807) is 0 Å². The maximum absolute atomic E-state index is 10.3. The van der Waals surface area contributed by atoms with Crippen LogP contribution in [0.15, 0.2) is 0 Å². The number of unbranched alkanes of at least 4 members (excludes halogenated alkanes) is 4. The predicted octanol–water partition coefficient (Wildman–Crippen LogP) is -1.35. The first-order valence-electron chi connectivity index (χ1n) is 5.57. The monoisotopic (exact) mass is 276 g/mol. The first kappa shape index (κ1) is 19.8. The Hall–Kier alpha value is 1.51. The molecule has 0 bridgehead atoms. The van der Waals surface area contributed by atoms with Gasteiger partial charge in [-0.2, -0.15) is 0 Å². The molecule has 4 nitrogen and oxygen atoms in total. The van der Waals surface area contributed by atoms with E-state index in [-0.39, 0.29) is 63.2 Å². The molecule has 0 saturated heterocycles. The average Bonchev–Trinajstić information content (AvgIpc) is 2.14. The van der Waals surface area contributed by atoms with Crippen molar-refractivity contribution < 1.29 is 69.5 Å². The minimum atomic E-state index is -4.02. The zero-order valence-electron chi connectivity index (χ0n) is 10.3. The van der Waals surface area contributed by atoms with Crippen LogP contribution >= 0.6 is 0 Å². The van der Waals surface area contributed by atoms with E-state index in [1.807, 2.05) is 6.92 Å². The summed E-state index contributed by atoms with van der Waals surface area (Å²) in [5.41, 5.74) is 0. The second-order valence-electron chi connectivity index (χ2n) is 3.88. The van der Waals surface area contributed by atoms with E-state index < -0.39 is 10.1 Å². The molecule has 0 aromatic heterocycles. The number of hydrogen-bond donors (Lipinski definition) is 1. The van der Waals surface area contributed by atoms with Crippen molar-refractivity contribution in [1.82, 2.24) is 0 Å². The van der Waals surface area contributed by atoms with Crippen LogP contribution in [0.5, 0.6) is 0 Å². The summed E-state index contributed by atoms with van der Waals surface area (Å²) < 4.78 is 30.8. The molecular weight excluding hydrogens is 255 g/mol. The molecule has 1 atom stereocenters. The van der Waals surface area contributed by atoms with Crippen LogP contribution in [0.25, 0.3) is 0 Å². The van der Waals surface area contributed by atoms with Crippen LogP contribution < -0.4 is 51.4 Å². The molecule has 92 valence electrons. The fraction of sp³-hybridized carbons (Fsp3) is 1.00. The zero-order chi connectivity index (χ0) is 11.7. The molecular formula is C10H21KO4S. The number of hydrogen-bond acceptors (Lipinski definition) is 4. The maximum Gasteiger partial charge on any atom is 1.00 e. The van der Waals surface area contributed by atoms with Gasteiger partial charge in [0, 0.05) is 5.75 Å². The van der Waals surface area contributed by atoms with Crippen LogP contribution in [0, 0.1) is 0 Å². The van der Waals surface area contributed by atoms with E-state index in [0.29, 0.717) is 6.42 Å². The molecule has 0 spiro atoms. The molecule has 0 fully saturated rings. The molecule has 1 unspecified atom stereocenters. The van der Waals surface area contributed by atoms with Crippen LogP contribution in [0.2, 0.25) is 0 Å². The molecule has 0 aromatic carbocycles. The van der Waals surface area contributed by atoms with Crippen LogP contribution in [0.4, 0.5) is 0 Å². The van der Waals surface area contributed by atoms with Crippen molar-refractivity contribution in [3.8, 4) is 0 Å². The predicted molar refractivity (Wildman–Crippen MR) is 58.6 cm³/mol. The van der Waals surface area contributed by atoms with E-state index >= 15 is 0 Å². The normalized spacial score (nSPS) is 13.2. The van der Waals surface area contributed by atoms with Gasteiger partial charge in [-0.15, -0.1) is 0 Å². The van der Waals surface area contributed by atoms with Crippen molar-refractivity contribution in [2.75, 3.05) is 5.75 Å². The van der Waals surface area contributed by atoms with Gasteiger partial charge in [0.1, 0.15) is 0 Å². The Kier molecular flexibility index (Phi) is 14.4. The van der Waals surface area contributed by atoms with Crippen molar-refractivity contribution in [3.63, 3.8) is 0 Å². The standard InChI is InChI=1S/C10H22O4S.K/c1-2-10(11)8-6-4-3-5-7-9-15(12,13)14;/h10-11H,2-9H2,1H3,(H,12,13,14);/q;+1/p-1. The van der Waals surface area contributed by atoms with Crippen LogP contribution in [0.3, 0.4) is 0 Å². The molecule has 0 heterocycles. The van der Waals surface area contributed by atoms with Crippen LogP contribution in [-0.4, -0.2) is 29.9 Å². The maximum atomic E-state index is 10.3. The van der Waals surface area contributed by atoms with Crippen molar-refractivity contribution in [3.05, 3.63) is 0 Å². The third kappa shape index (κ3) is 15.5. The van der Waals surface area contributed by atoms with Gasteiger partial charge in [0.05, 0.1) is 16.2 Å². The van der Waals surface area contributed by atoms with Gasteiger partial charge in [-0.1, -0.05) is 32.6 Å². The first-order valence-corrected chi connectivity index (χ1v) is 7.15. The minimum Gasteiger partial charge on any atom is -0.748 e. The Bertz CT molecular complexity index is 241. The van der Waals surface area contributed by atoms with Gasteiger partial charge in [0.15, 0.2) is 0 Å². The van der Waals surface area contributed by atoms with Crippen molar-refractivity contribution in [2.45, 2.75) is 58.0 Å². The second-order valence-corrected chi connectivity index (χ2v) is 5.40. The molecule has 0 aromatic rings. The zero-order valence-corrected chi connectivity index (χ0v) is 14.3. The molecule has 0 amide bonds. The Morgan fingerprint density at radius 3 is 2.12 bits per heavy atom. The SMILES string of the molecule is CCC(O)CCCCCCCS(=O)(=O)[O-].[K+]. The Labute approximate surface area is 141 Å². The van der Waals surface area contributed by atoms with Crippen LogP contribution in [0.1, 0.15) is 51.9 Å². The number of rotatable bonds is 9. The van der Waals surface area contributed by atoms with Gasteiger partial charge in [-0.25, -0.2) is 8.42 Å². The summed E-state index contributed by atoms with van der Waals surface area (Å²) in [7, 11) is -4.02. The molecule has 0 radical (unpaired) electrons. The molecule has 0 aliphatic heterocycles. The van der Waals surface area contributed by atoms with Crippen molar-refractivity contribution in [1.29, 1.82) is 0 Å².